The van der Waals surface area contributed by atoms with Crippen LogP contribution in [0.3, 0.4) is 0 Å². The molecule has 0 radical (unpaired) electrons. The van der Waals surface area contributed by atoms with Gasteiger partial charge in [0, 0.05) is 38.3 Å². The maximum Gasteiger partial charge on any atom is 0.269 e. The van der Waals surface area contributed by atoms with Crippen LogP contribution in [0.25, 0.3) is 0 Å². The van der Waals surface area contributed by atoms with E-state index in [1.807, 2.05) is 6.07 Å². The third-order valence-electron chi connectivity index (χ3n) is 4.86. The number of carbonyl (C=O) groups is 1. The summed E-state index contributed by atoms with van der Waals surface area (Å²) in [5, 5.41) is 6.49. The fraction of sp³-hybridized carbons (Fsp3) is 0.562. The summed E-state index contributed by atoms with van der Waals surface area (Å²) in [5.41, 5.74) is 0.519. The van der Waals surface area contributed by atoms with Gasteiger partial charge in [-0.2, -0.15) is 4.31 Å². The molecule has 1 spiro atoms. The van der Waals surface area contributed by atoms with Crippen molar-refractivity contribution in [2.24, 2.45) is 5.16 Å². The molecular weight excluding hydrogens is 344 g/mol. The lowest BCUT2D eigenvalue weighted by Crippen LogP contribution is -2.39. The number of carbonyl (C=O) groups excluding carboxylic acids is 1. The van der Waals surface area contributed by atoms with Crippen molar-refractivity contribution in [3.05, 3.63) is 30.1 Å². The van der Waals surface area contributed by atoms with E-state index in [9.17, 15) is 13.2 Å². The summed E-state index contributed by atoms with van der Waals surface area (Å²) in [5.74, 6) is -0.288. The standard InChI is InChI=1S/C16H20N4O4S/c21-15(18-10-12-2-1-6-17-9-12)14-8-16(24-19-14)5-7-20(11-16)25(22,23)13-3-4-13/h1-2,6,9,13H,3-5,7-8,10-11H2,(H,18,21)/t16-/m1/s1. The van der Waals surface area contributed by atoms with E-state index in [2.05, 4.69) is 15.5 Å². The molecule has 0 unspecified atom stereocenters. The molecule has 25 heavy (non-hydrogen) atoms. The molecular formula is C16H20N4O4S. The first-order valence-corrected chi connectivity index (χ1v) is 9.90. The van der Waals surface area contributed by atoms with Crippen LogP contribution in [0.5, 0.6) is 0 Å². The van der Waals surface area contributed by atoms with Gasteiger partial charge >= 0.3 is 0 Å². The molecule has 9 heteroatoms. The zero-order valence-electron chi connectivity index (χ0n) is 13.7. The molecule has 4 rings (SSSR count). The Kier molecular flexibility index (Phi) is 3.99. The van der Waals surface area contributed by atoms with Crippen molar-refractivity contribution in [3.8, 4) is 0 Å². The highest BCUT2D eigenvalue weighted by Gasteiger charge is 2.52. The summed E-state index contributed by atoms with van der Waals surface area (Å²) in [7, 11) is -3.22. The van der Waals surface area contributed by atoms with Gasteiger partial charge in [-0.1, -0.05) is 11.2 Å². The number of sulfonamides is 1. The zero-order valence-corrected chi connectivity index (χ0v) is 14.5. The van der Waals surface area contributed by atoms with Crippen LogP contribution in [0.4, 0.5) is 0 Å². The Bertz CT molecular complexity index is 807. The Morgan fingerprint density at radius 1 is 1.44 bits per heavy atom. The molecule has 1 saturated heterocycles. The van der Waals surface area contributed by atoms with E-state index in [4.69, 9.17) is 4.84 Å². The van der Waals surface area contributed by atoms with Crippen LogP contribution in [-0.2, 0) is 26.2 Å². The van der Waals surface area contributed by atoms with Crippen molar-refractivity contribution >= 4 is 21.6 Å². The molecule has 1 aliphatic carbocycles. The number of pyridine rings is 1. The summed E-state index contributed by atoms with van der Waals surface area (Å²) in [4.78, 5) is 21.8. The van der Waals surface area contributed by atoms with E-state index < -0.39 is 15.6 Å². The van der Waals surface area contributed by atoms with Crippen LogP contribution in [0.1, 0.15) is 31.2 Å². The highest BCUT2D eigenvalue weighted by molar-refractivity contribution is 7.90. The van der Waals surface area contributed by atoms with Crippen LogP contribution in [0.15, 0.2) is 29.7 Å². The summed E-state index contributed by atoms with van der Waals surface area (Å²) in [6.07, 6.45) is 5.73. The van der Waals surface area contributed by atoms with Crippen molar-refractivity contribution in [1.29, 1.82) is 0 Å². The van der Waals surface area contributed by atoms with Crippen LogP contribution < -0.4 is 5.32 Å². The predicted octanol–water partition coefficient (Wildman–Crippen LogP) is 0.411. The van der Waals surface area contributed by atoms with Crippen molar-refractivity contribution in [1.82, 2.24) is 14.6 Å². The first kappa shape index (κ1) is 16.5. The van der Waals surface area contributed by atoms with Crippen molar-refractivity contribution in [3.63, 3.8) is 0 Å². The van der Waals surface area contributed by atoms with Crippen molar-refractivity contribution < 1.29 is 18.0 Å². The molecule has 0 aromatic carbocycles. The zero-order chi connectivity index (χ0) is 17.5. The van der Waals surface area contributed by atoms with Crippen molar-refractivity contribution in [2.75, 3.05) is 13.1 Å². The minimum Gasteiger partial charge on any atom is -0.387 e. The van der Waals surface area contributed by atoms with E-state index in [-0.39, 0.29) is 17.7 Å². The van der Waals surface area contributed by atoms with Gasteiger partial charge in [0.1, 0.15) is 5.71 Å². The van der Waals surface area contributed by atoms with E-state index in [1.165, 1.54) is 4.31 Å². The Morgan fingerprint density at radius 3 is 3.00 bits per heavy atom. The first-order chi connectivity index (χ1) is 12.0. The largest absolute Gasteiger partial charge is 0.387 e. The lowest BCUT2D eigenvalue weighted by atomic mass is 9.96. The average Bonchev–Trinajstić information content (AvgIpc) is 3.29. The SMILES string of the molecule is O=C(NCc1cccnc1)C1=NO[C@]2(CCN(S(=O)(=O)C3CC3)C2)C1. The molecule has 3 aliphatic rings. The molecule has 1 saturated carbocycles. The van der Waals surface area contributed by atoms with Gasteiger partial charge in [-0.05, 0) is 24.5 Å². The second-order valence-electron chi connectivity index (χ2n) is 6.86. The Labute approximate surface area is 146 Å². The molecule has 2 fully saturated rings. The number of rotatable bonds is 5. The number of amides is 1. The molecule has 1 N–H and O–H groups in total. The molecule has 8 nitrogen and oxygen atoms in total. The van der Waals surface area contributed by atoms with Gasteiger partial charge in [-0.15, -0.1) is 0 Å². The van der Waals surface area contributed by atoms with Gasteiger partial charge < -0.3 is 10.2 Å². The van der Waals surface area contributed by atoms with Gasteiger partial charge in [0.25, 0.3) is 5.91 Å². The van der Waals surface area contributed by atoms with Gasteiger partial charge in [0.2, 0.25) is 10.0 Å². The number of oxime groups is 1. The van der Waals surface area contributed by atoms with Gasteiger partial charge in [0.15, 0.2) is 5.60 Å². The Balaban J connectivity index is 1.34. The molecule has 1 aromatic rings. The highest BCUT2D eigenvalue weighted by atomic mass is 32.2. The van der Waals surface area contributed by atoms with Crippen LogP contribution in [-0.4, -0.2) is 53.3 Å². The molecule has 2 aliphatic heterocycles. The second-order valence-corrected chi connectivity index (χ2v) is 9.07. The third kappa shape index (κ3) is 3.25. The fourth-order valence-corrected chi connectivity index (χ4v) is 5.17. The van der Waals surface area contributed by atoms with E-state index in [0.29, 0.717) is 31.6 Å². The van der Waals surface area contributed by atoms with Gasteiger partial charge in [-0.25, -0.2) is 8.42 Å². The molecule has 1 atom stereocenters. The number of hydrogen-bond donors (Lipinski definition) is 1. The lowest BCUT2D eigenvalue weighted by Gasteiger charge is -2.21. The molecule has 1 aromatic heterocycles. The molecule has 0 bridgehead atoms. The van der Waals surface area contributed by atoms with Crippen molar-refractivity contribution in [2.45, 2.75) is 43.1 Å². The van der Waals surface area contributed by atoms with Gasteiger partial charge in [0.05, 0.1) is 11.8 Å². The Hall–Kier alpha value is -2.00. The molecule has 134 valence electrons. The maximum atomic E-state index is 12.4. The van der Waals surface area contributed by atoms with Crippen LogP contribution in [0, 0.1) is 0 Å². The second kappa shape index (κ2) is 6.06. The Morgan fingerprint density at radius 2 is 2.28 bits per heavy atom. The lowest BCUT2D eigenvalue weighted by molar-refractivity contribution is -0.115. The number of nitrogens with zero attached hydrogens (tertiary/aromatic N) is 3. The van der Waals surface area contributed by atoms with Crippen LogP contribution in [0.2, 0.25) is 0 Å². The van der Waals surface area contributed by atoms with Crippen LogP contribution >= 0.6 is 0 Å². The first-order valence-electron chi connectivity index (χ1n) is 8.40. The monoisotopic (exact) mass is 364 g/mol. The average molecular weight is 364 g/mol. The fourth-order valence-electron chi connectivity index (χ4n) is 3.25. The summed E-state index contributed by atoms with van der Waals surface area (Å²) in [6, 6.07) is 3.68. The van der Waals surface area contributed by atoms with E-state index >= 15 is 0 Å². The van der Waals surface area contributed by atoms with Gasteiger partial charge in [-0.3, -0.25) is 9.78 Å². The maximum absolute atomic E-state index is 12.4. The summed E-state index contributed by atoms with van der Waals surface area (Å²) < 4.78 is 26.2. The summed E-state index contributed by atoms with van der Waals surface area (Å²) >= 11 is 0. The molecule has 3 heterocycles. The topological polar surface area (TPSA) is 101 Å². The smallest absolute Gasteiger partial charge is 0.269 e. The number of aromatic nitrogens is 1. The third-order valence-corrected chi connectivity index (χ3v) is 7.21. The molecule has 1 amide bonds. The minimum atomic E-state index is -3.22. The summed E-state index contributed by atoms with van der Waals surface area (Å²) in [6.45, 7) is 1.06. The minimum absolute atomic E-state index is 0.229. The normalized spacial score (nSPS) is 26.5. The highest BCUT2D eigenvalue weighted by Crippen LogP contribution is 2.39. The predicted molar refractivity (Wildman–Crippen MR) is 90.1 cm³/mol. The van der Waals surface area contributed by atoms with E-state index in [1.54, 1.807) is 18.5 Å². The quantitative estimate of drug-likeness (QED) is 0.816. The van der Waals surface area contributed by atoms with E-state index in [0.717, 1.165) is 18.4 Å². The number of nitrogens with one attached hydrogen (secondary N) is 1. The number of hydrogen-bond acceptors (Lipinski definition) is 6.